The molecule has 118 valence electrons. The van der Waals surface area contributed by atoms with Crippen molar-refractivity contribution in [1.82, 2.24) is 5.32 Å². The largest absolute Gasteiger partial charge is 0.380 e. The highest BCUT2D eigenvalue weighted by molar-refractivity contribution is 5.51. The fraction of sp³-hybridized carbons (Fsp3) is 0.667. The molecule has 1 heterocycles. The van der Waals surface area contributed by atoms with Crippen molar-refractivity contribution >= 4 is 5.69 Å². The summed E-state index contributed by atoms with van der Waals surface area (Å²) in [7, 11) is 1.75. The highest BCUT2D eigenvalue weighted by Crippen LogP contribution is 2.29. The standard InChI is InChI=1S/C18H30N2O/c1-6-18(4)13-20(17(11-19-18)14(2)3)16-9-7-8-15(10-16)12-21-5/h7-10,14,17,19H,6,11-13H2,1-5H3. The molecule has 21 heavy (non-hydrogen) atoms. The third-order valence-electron chi connectivity index (χ3n) is 4.76. The second-order valence-electron chi connectivity index (χ2n) is 6.84. The number of benzene rings is 1. The molecule has 3 heteroatoms. The van der Waals surface area contributed by atoms with Gasteiger partial charge in [-0.25, -0.2) is 0 Å². The van der Waals surface area contributed by atoms with E-state index in [1.54, 1.807) is 7.11 Å². The van der Waals surface area contributed by atoms with Crippen LogP contribution in [-0.4, -0.2) is 31.8 Å². The molecule has 1 saturated heterocycles. The molecule has 1 aliphatic heterocycles. The summed E-state index contributed by atoms with van der Waals surface area (Å²) in [6.45, 7) is 12.0. The quantitative estimate of drug-likeness (QED) is 0.899. The minimum atomic E-state index is 0.197. The average molecular weight is 290 g/mol. The van der Waals surface area contributed by atoms with Crippen molar-refractivity contribution < 1.29 is 4.74 Å². The maximum Gasteiger partial charge on any atom is 0.0713 e. The Kier molecular flexibility index (Phi) is 5.28. The van der Waals surface area contributed by atoms with Gasteiger partial charge in [-0.1, -0.05) is 32.9 Å². The summed E-state index contributed by atoms with van der Waals surface area (Å²) in [4.78, 5) is 2.59. The van der Waals surface area contributed by atoms with Crippen molar-refractivity contribution in [1.29, 1.82) is 0 Å². The Labute approximate surface area is 129 Å². The highest BCUT2D eigenvalue weighted by Gasteiger charge is 2.35. The maximum absolute atomic E-state index is 5.28. The molecular formula is C18H30N2O. The van der Waals surface area contributed by atoms with Gasteiger partial charge in [0, 0.05) is 37.5 Å². The van der Waals surface area contributed by atoms with Crippen molar-refractivity contribution in [2.24, 2.45) is 5.92 Å². The summed E-state index contributed by atoms with van der Waals surface area (Å²) in [5.41, 5.74) is 2.77. The summed E-state index contributed by atoms with van der Waals surface area (Å²) in [5, 5.41) is 3.75. The first-order chi connectivity index (χ1) is 9.99. The molecule has 0 radical (unpaired) electrons. The van der Waals surface area contributed by atoms with E-state index in [0.29, 0.717) is 18.6 Å². The van der Waals surface area contributed by atoms with Gasteiger partial charge in [-0.15, -0.1) is 0 Å². The number of rotatable bonds is 5. The van der Waals surface area contributed by atoms with E-state index in [0.717, 1.165) is 19.5 Å². The van der Waals surface area contributed by atoms with Gasteiger partial charge in [-0.2, -0.15) is 0 Å². The number of nitrogens with zero attached hydrogens (tertiary/aromatic N) is 1. The number of piperazine rings is 1. The van der Waals surface area contributed by atoms with Gasteiger partial charge in [-0.05, 0) is 37.0 Å². The summed E-state index contributed by atoms with van der Waals surface area (Å²) in [6.07, 6.45) is 1.14. The molecule has 0 bridgehead atoms. The number of methoxy groups -OCH3 is 1. The van der Waals surface area contributed by atoms with Crippen LogP contribution in [0.1, 0.15) is 39.7 Å². The molecule has 0 aromatic heterocycles. The molecule has 2 rings (SSSR count). The lowest BCUT2D eigenvalue weighted by Crippen LogP contribution is -2.64. The zero-order chi connectivity index (χ0) is 15.5. The zero-order valence-electron chi connectivity index (χ0n) is 14.1. The molecule has 1 fully saturated rings. The smallest absolute Gasteiger partial charge is 0.0713 e. The van der Waals surface area contributed by atoms with E-state index in [9.17, 15) is 0 Å². The molecule has 1 aliphatic rings. The van der Waals surface area contributed by atoms with Crippen LogP contribution in [0.4, 0.5) is 5.69 Å². The number of nitrogens with one attached hydrogen (secondary N) is 1. The first-order valence-electron chi connectivity index (χ1n) is 8.08. The van der Waals surface area contributed by atoms with E-state index in [4.69, 9.17) is 4.74 Å². The fourth-order valence-electron chi connectivity index (χ4n) is 3.12. The summed E-state index contributed by atoms with van der Waals surface area (Å²) in [5.74, 6) is 0.630. The van der Waals surface area contributed by atoms with E-state index >= 15 is 0 Å². The first kappa shape index (κ1) is 16.3. The Balaban J connectivity index is 2.28. The number of hydrogen-bond donors (Lipinski definition) is 1. The van der Waals surface area contributed by atoms with Crippen LogP contribution in [0.5, 0.6) is 0 Å². The normalized spacial score (nSPS) is 26.4. The summed E-state index contributed by atoms with van der Waals surface area (Å²) < 4.78 is 5.28. The second-order valence-corrected chi connectivity index (χ2v) is 6.84. The van der Waals surface area contributed by atoms with Crippen molar-refractivity contribution in [2.45, 2.75) is 52.3 Å². The first-order valence-corrected chi connectivity index (χ1v) is 8.08. The van der Waals surface area contributed by atoms with Crippen LogP contribution >= 0.6 is 0 Å². The lowest BCUT2D eigenvalue weighted by molar-refractivity contribution is 0.185. The molecule has 1 aromatic carbocycles. The van der Waals surface area contributed by atoms with Crippen LogP contribution < -0.4 is 10.2 Å². The molecule has 3 nitrogen and oxygen atoms in total. The molecule has 2 unspecified atom stereocenters. The van der Waals surface area contributed by atoms with Crippen molar-refractivity contribution in [2.75, 3.05) is 25.1 Å². The van der Waals surface area contributed by atoms with Gasteiger partial charge < -0.3 is 15.0 Å². The van der Waals surface area contributed by atoms with Crippen LogP contribution in [-0.2, 0) is 11.3 Å². The third kappa shape index (κ3) is 3.78. The molecule has 0 amide bonds. The molecule has 1 aromatic rings. The summed E-state index contributed by atoms with van der Waals surface area (Å²) >= 11 is 0. The van der Waals surface area contributed by atoms with Gasteiger partial charge in [0.25, 0.3) is 0 Å². The van der Waals surface area contributed by atoms with Gasteiger partial charge in [-0.3, -0.25) is 0 Å². The Morgan fingerprint density at radius 1 is 1.43 bits per heavy atom. The highest BCUT2D eigenvalue weighted by atomic mass is 16.5. The predicted molar refractivity (Wildman–Crippen MR) is 89.8 cm³/mol. The molecule has 2 atom stereocenters. The number of anilines is 1. The van der Waals surface area contributed by atoms with Crippen molar-refractivity contribution in [3.63, 3.8) is 0 Å². The summed E-state index contributed by atoms with van der Waals surface area (Å²) in [6, 6.07) is 9.34. The van der Waals surface area contributed by atoms with E-state index in [1.807, 2.05) is 0 Å². The Bertz CT molecular complexity index is 460. The lowest BCUT2D eigenvalue weighted by atomic mass is 9.89. The van der Waals surface area contributed by atoms with Gasteiger partial charge in [0.05, 0.1) is 6.61 Å². The van der Waals surface area contributed by atoms with Gasteiger partial charge in [0.15, 0.2) is 0 Å². The van der Waals surface area contributed by atoms with Gasteiger partial charge in [0.1, 0.15) is 0 Å². The monoisotopic (exact) mass is 290 g/mol. The fourth-order valence-corrected chi connectivity index (χ4v) is 3.12. The van der Waals surface area contributed by atoms with E-state index in [1.165, 1.54) is 11.3 Å². The Morgan fingerprint density at radius 2 is 2.19 bits per heavy atom. The maximum atomic E-state index is 5.28. The minimum absolute atomic E-state index is 0.197. The lowest BCUT2D eigenvalue weighted by Gasteiger charge is -2.48. The average Bonchev–Trinajstić information content (AvgIpc) is 2.47. The van der Waals surface area contributed by atoms with Crippen molar-refractivity contribution in [3.05, 3.63) is 29.8 Å². The zero-order valence-corrected chi connectivity index (χ0v) is 14.1. The molecule has 0 saturated carbocycles. The van der Waals surface area contributed by atoms with Crippen LogP contribution in [0.2, 0.25) is 0 Å². The third-order valence-corrected chi connectivity index (χ3v) is 4.76. The Hall–Kier alpha value is -1.06. The molecule has 1 N–H and O–H groups in total. The SMILES string of the molecule is CCC1(C)CN(c2cccc(COC)c2)C(C(C)C)CN1. The number of hydrogen-bond acceptors (Lipinski definition) is 3. The van der Waals surface area contributed by atoms with Crippen LogP contribution in [0, 0.1) is 5.92 Å². The van der Waals surface area contributed by atoms with Crippen LogP contribution in [0.15, 0.2) is 24.3 Å². The van der Waals surface area contributed by atoms with Crippen LogP contribution in [0.25, 0.3) is 0 Å². The molecule has 0 aliphatic carbocycles. The Morgan fingerprint density at radius 3 is 2.81 bits per heavy atom. The molecule has 0 spiro atoms. The van der Waals surface area contributed by atoms with Gasteiger partial charge >= 0.3 is 0 Å². The predicted octanol–water partition coefficient (Wildman–Crippen LogP) is 3.44. The van der Waals surface area contributed by atoms with E-state index in [2.05, 4.69) is 62.2 Å². The van der Waals surface area contributed by atoms with Crippen LogP contribution in [0.3, 0.4) is 0 Å². The van der Waals surface area contributed by atoms with Crippen molar-refractivity contribution in [3.8, 4) is 0 Å². The number of ether oxygens (including phenoxy) is 1. The van der Waals surface area contributed by atoms with E-state index in [-0.39, 0.29) is 5.54 Å². The van der Waals surface area contributed by atoms with Gasteiger partial charge in [0.2, 0.25) is 0 Å². The van der Waals surface area contributed by atoms with E-state index < -0.39 is 0 Å². The second kappa shape index (κ2) is 6.80. The molecular weight excluding hydrogens is 260 g/mol. The minimum Gasteiger partial charge on any atom is -0.380 e. The topological polar surface area (TPSA) is 24.5 Å².